The van der Waals surface area contributed by atoms with Crippen molar-refractivity contribution in [1.29, 1.82) is 0 Å². The first-order valence-corrected chi connectivity index (χ1v) is 32.6. The topological polar surface area (TPSA) is 175 Å². The zero-order chi connectivity index (χ0) is 58.9. The number of aliphatic hydroxyl groups excluding tert-OH is 2. The molecule has 1 saturated heterocycles. The average Bonchev–Trinajstić information content (AvgIpc) is 3.53. The number of carboxylic acid groups (broad SMARTS) is 1. The van der Waals surface area contributed by atoms with Crippen molar-refractivity contribution >= 4 is 23.9 Å². The van der Waals surface area contributed by atoms with Gasteiger partial charge in [-0.05, 0) is 89.9 Å². The summed E-state index contributed by atoms with van der Waals surface area (Å²) in [6, 6.07) is 0. The van der Waals surface area contributed by atoms with Gasteiger partial charge in [-0.25, -0.2) is 4.79 Å². The van der Waals surface area contributed by atoms with E-state index in [2.05, 4.69) is 106 Å². The number of unbranched alkanes of at least 4 members (excludes halogenated alkanes) is 27. The Bertz CT molecular complexity index is 1730. The summed E-state index contributed by atoms with van der Waals surface area (Å²) >= 11 is 0. The van der Waals surface area contributed by atoms with Crippen molar-refractivity contribution < 1.29 is 58.2 Å². The Morgan fingerprint density at radius 2 is 0.778 bits per heavy atom. The monoisotopic (exact) mass is 1140 g/mol. The van der Waals surface area contributed by atoms with Gasteiger partial charge < -0.3 is 39.0 Å². The Balaban J connectivity index is 2.67. The van der Waals surface area contributed by atoms with E-state index in [0.717, 1.165) is 154 Å². The van der Waals surface area contributed by atoms with E-state index in [1.807, 2.05) is 0 Å². The van der Waals surface area contributed by atoms with Crippen LogP contribution in [0.25, 0.3) is 0 Å². The molecule has 1 fully saturated rings. The minimum atomic E-state index is -1.91. The molecule has 1 aliphatic heterocycles. The number of carboxylic acids is 1. The number of rotatable bonds is 55. The second-order valence-electron chi connectivity index (χ2n) is 22.0. The van der Waals surface area contributed by atoms with E-state index in [-0.39, 0.29) is 25.9 Å². The minimum absolute atomic E-state index is 0.0588. The van der Waals surface area contributed by atoms with Gasteiger partial charge in [0.2, 0.25) is 0 Å². The highest BCUT2D eigenvalue weighted by atomic mass is 16.7. The van der Waals surface area contributed by atoms with Crippen molar-refractivity contribution in [3.8, 4) is 0 Å². The Labute approximate surface area is 492 Å². The lowest BCUT2D eigenvalue weighted by atomic mass is 9.98. The van der Waals surface area contributed by atoms with Crippen molar-refractivity contribution in [2.45, 2.75) is 314 Å². The molecule has 81 heavy (non-hydrogen) atoms. The van der Waals surface area contributed by atoms with Crippen molar-refractivity contribution in [2.75, 3.05) is 13.2 Å². The maximum absolute atomic E-state index is 13.2. The first-order valence-electron chi connectivity index (χ1n) is 32.6. The van der Waals surface area contributed by atoms with Crippen molar-refractivity contribution in [3.05, 3.63) is 85.1 Å². The lowest BCUT2D eigenvalue weighted by Crippen LogP contribution is -2.61. The standard InChI is InChI=1S/C69H116O12/c1-4-7-10-13-16-19-22-25-28-30-31-33-35-37-40-43-46-49-52-55-61(70)77-58-60(79-62(71)56-53-50-47-44-41-39-36-32-29-26-23-20-17-14-11-8-5-2)59-78-69-67(65(74)64(73)66(81-69)68(75)76)80-63(72)57-54-51-48-45-42-38-34-27-24-21-18-15-12-9-6-3/h7-8,10-11,16-17,19-20,25-26,28-29,31,33,60,64-67,69,73-74H,4-6,9,12-15,18,21-24,27,30,32,34-59H2,1-3H3,(H,75,76)/b10-7-,11-8-,19-16-,20-17-,28-25-,29-26-,33-31-. The van der Waals surface area contributed by atoms with Crippen LogP contribution >= 0.6 is 0 Å². The summed E-state index contributed by atoms with van der Waals surface area (Å²) < 4.78 is 28.5. The second-order valence-corrected chi connectivity index (χ2v) is 22.0. The maximum atomic E-state index is 13.2. The smallest absolute Gasteiger partial charge is 0.335 e. The molecule has 6 unspecified atom stereocenters. The van der Waals surface area contributed by atoms with E-state index in [1.54, 1.807) is 0 Å². The molecule has 3 N–H and O–H groups in total. The zero-order valence-electron chi connectivity index (χ0n) is 51.3. The Hall–Kier alpha value is -4.10. The highest BCUT2D eigenvalue weighted by molar-refractivity contribution is 5.74. The van der Waals surface area contributed by atoms with Gasteiger partial charge in [0.25, 0.3) is 0 Å². The van der Waals surface area contributed by atoms with Crippen LogP contribution in [-0.2, 0) is 42.9 Å². The van der Waals surface area contributed by atoms with E-state index in [0.29, 0.717) is 19.3 Å². The quantitative estimate of drug-likeness (QED) is 0.0228. The van der Waals surface area contributed by atoms with Crippen molar-refractivity contribution in [3.63, 3.8) is 0 Å². The molecular weight excluding hydrogens is 1020 g/mol. The summed E-state index contributed by atoms with van der Waals surface area (Å²) in [7, 11) is 0. The normalized spacial score (nSPS) is 18.3. The fourth-order valence-electron chi connectivity index (χ4n) is 9.55. The molecule has 0 amide bonds. The predicted octanol–water partition coefficient (Wildman–Crippen LogP) is 17.5. The molecule has 0 aromatic carbocycles. The molecule has 0 spiro atoms. The Kier molecular flexibility index (Phi) is 52.1. The third kappa shape index (κ3) is 46.0. The fraction of sp³-hybridized carbons (Fsp3) is 0.739. The highest BCUT2D eigenvalue weighted by Crippen LogP contribution is 2.27. The van der Waals surface area contributed by atoms with Gasteiger partial charge in [-0.1, -0.05) is 254 Å². The summed E-state index contributed by atoms with van der Waals surface area (Å²) in [4.78, 5) is 51.3. The summed E-state index contributed by atoms with van der Waals surface area (Å²) in [5.41, 5.74) is 0. The Morgan fingerprint density at radius 3 is 1.19 bits per heavy atom. The third-order valence-corrected chi connectivity index (χ3v) is 14.5. The van der Waals surface area contributed by atoms with Crippen LogP contribution in [0.15, 0.2) is 85.1 Å². The predicted molar refractivity (Wildman–Crippen MR) is 331 cm³/mol. The van der Waals surface area contributed by atoms with E-state index in [4.69, 9.17) is 23.7 Å². The van der Waals surface area contributed by atoms with E-state index >= 15 is 0 Å². The average molecular weight is 1140 g/mol. The molecule has 6 atom stereocenters. The molecule has 1 rings (SSSR count). The molecule has 0 saturated carbocycles. The number of carbonyl (C=O) groups excluding carboxylic acids is 3. The number of hydrogen-bond acceptors (Lipinski definition) is 11. The molecule has 1 heterocycles. The van der Waals surface area contributed by atoms with Gasteiger partial charge in [-0.15, -0.1) is 0 Å². The van der Waals surface area contributed by atoms with Crippen LogP contribution in [-0.4, -0.2) is 89.2 Å². The summed E-state index contributed by atoms with van der Waals surface area (Å²) in [5.74, 6) is -3.14. The molecule has 0 bridgehead atoms. The van der Waals surface area contributed by atoms with Gasteiger partial charge in [0.1, 0.15) is 18.8 Å². The van der Waals surface area contributed by atoms with E-state index in [9.17, 15) is 34.5 Å². The number of aliphatic carboxylic acids is 1. The summed E-state index contributed by atoms with van der Waals surface area (Å²) in [6.07, 6.45) is 61.1. The molecular formula is C69H116O12. The van der Waals surface area contributed by atoms with Gasteiger partial charge in [0.15, 0.2) is 24.6 Å². The van der Waals surface area contributed by atoms with Crippen LogP contribution in [0.1, 0.15) is 278 Å². The first-order chi connectivity index (χ1) is 39.6. The second kappa shape index (κ2) is 56.4. The molecule has 12 nitrogen and oxygen atoms in total. The summed E-state index contributed by atoms with van der Waals surface area (Å²) in [5, 5.41) is 31.6. The number of ether oxygens (including phenoxy) is 5. The summed E-state index contributed by atoms with van der Waals surface area (Å²) in [6.45, 7) is 5.78. The van der Waals surface area contributed by atoms with E-state index < -0.39 is 67.3 Å². The van der Waals surface area contributed by atoms with Crippen LogP contribution in [0.4, 0.5) is 0 Å². The van der Waals surface area contributed by atoms with Crippen LogP contribution in [0.3, 0.4) is 0 Å². The zero-order valence-corrected chi connectivity index (χ0v) is 51.3. The van der Waals surface area contributed by atoms with Crippen LogP contribution < -0.4 is 0 Å². The molecule has 1 aliphatic rings. The number of esters is 3. The Morgan fingerprint density at radius 1 is 0.420 bits per heavy atom. The third-order valence-electron chi connectivity index (χ3n) is 14.5. The lowest BCUT2D eigenvalue weighted by Gasteiger charge is -2.40. The van der Waals surface area contributed by atoms with Crippen molar-refractivity contribution in [2.24, 2.45) is 0 Å². The van der Waals surface area contributed by atoms with Gasteiger partial charge in [0.05, 0.1) is 6.61 Å². The number of aliphatic hydroxyl groups is 2. The molecule has 12 heteroatoms. The van der Waals surface area contributed by atoms with Gasteiger partial charge in [-0.2, -0.15) is 0 Å². The maximum Gasteiger partial charge on any atom is 0.335 e. The molecule has 0 aromatic rings. The SMILES string of the molecule is CC/C=C\C/C=C\C/C=C\C/C=C\CCCCCCCCC(=O)OCC(COC1OC(C(=O)O)C(O)C(O)C1OC(=O)CCCCCCCCCCCCCCCCC)OC(=O)CCCCCCCCC/C=C\C/C=C\C/C=C\CC. The van der Waals surface area contributed by atoms with Gasteiger partial charge in [0, 0.05) is 19.3 Å². The lowest BCUT2D eigenvalue weighted by molar-refractivity contribution is -0.301. The van der Waals surface area contributed by atoms with Crippen LogP contribution in [0.5, 0.6) is 0 Å². The van der Waals surface area contributed by atoms with Crippen LogP contribution in [0, 0.1) is 0 Å². The molecule has 0 radical (unpaired) electrons. The molecule has 0 aromatic heterocycles. The number of carbonyl (C=O) groups is 4. The molecule has 464 valence electrons. The molecule has 0 aliphatic carbocycles. The number of hydrogen-bond donors (Lipinski definition) is 3. The van der Waals surface area contributed by atoms with Gasteiger partial charge in [-0.3, -0.25) is 14.4 Å². The minimum Gasteiger partial charge on any atom is -0.479 e. The van der Waals surface area contributed by atoms with Crippen molar-refractivity contribution in [1.82, 2.24) is 0 Å². The largest absolute Gasteiger partial charge is 0.479 e. The van der Waals surface area contributed by atoms with Gasteiger partial charge >= 0.3 is 23.9 Å². The number of allylic oxidation sites excluding steroid dienone is 14. The highest BCUT2D eigenvalue weighted by Gasteiger charge is 2.50. The fourth-order valence-corrected chi connectivity index (χ4v) is 9.55. The van der Waals surface area contributed by atoms with E-state index in [1.165, 1.54) is 64.2 Å². The first kappa shape index (κ1) is 74.9. The van der Waals surface area contributed by atoms with Crippen LogP contribution in [0.2, 0.25) is 0 Å².